The molecule has 3 aromatic heterocycles. The molecule has 4 aliphatic rings. The molecule has 2 amide bonds. The predicted octanol–water partition coefficient (Wildman–Crippen LogP) is 23.7. The summed E-state index contributed by atoms with van der Waals surface area (Å²) in [5, 5.41) is 6.06. The van der Waals surface area contributed by atoms with Gasteiger partial charge in [0.1, 0.15) is 23.3 Å². The number of carbonyl (C=O) groups is 2. The highest BCUT2D eigenvalue weighted by molar-refractivity contribution is 6.03. The number of anilines is 2. The Hall–Kier alpha value is -10.2. The normalized spacial score (nSPS) is 16.2. The number of aromatic amines is 2. The lowest BCUT2D eigenvalue weighted by molar-refractivity contribution is -0.117. The summed E-state index contributed by atoms with van der Waals surface area (Å²) in [6, 6.07) is 59.4. The smallest absolute Gasteiger partial charge is 0.251 e. The Morgan fingerprint density at radius 2 is 0.858 bits per heavy atom. The molecule has 0 radical (unpaired) electrons. The Morgan fingerprint density at radius 3 is 1.27 bits per heavy atom. The fourth-order valence-corrected chi connectivity index (χ4v) is 15.8. The summed E-state index contributed by atoms with van der Waals surface area (Å²) in [7, 11) is 0. The second-order valence-corrected chi connectivity index (χ2v) is 29.6. The number of allylic oxidation sites excluding steroid dienone is 1. The Bertz CT molecular complexity index is 4590. The minimum absolute atomic E-state index is 0.304. The van der Waals surface area contributed by atoms with E-state index in [0.717, 1.165) is 157 Å². The standard InChI is InChI=1S/C94H107N7O5/c1-6-9-12-15-18-24-59-104-76-45-35-69(36-46-76)90-83-53-51-81(97-83)89(68-31-41-74(42-32-68)96-93(102)66(5)95-94(103)72-33-43-75(44-34-72)101-63-79-65(4)62-73(80(79)64-101)30-29-67-27-22-21-23-28-67)82-52-54-84(98-82)91(70-37-47-77(48-38-70)105-60-25-19-16-13-10-7-2)86-56-58-88(100-86)92(87-57-55-85(90)99-87)71-39-49-78(50-40-71)106-61-26-20-17-14-11-8-3/h21-23,27-58,65-66,73,79-80,97,100H,6-20,24-26,59-64H2,1-5H3,(H,95,103)(H,96,102)/b30-29+,89-81?,89-82?,90-83?,90-85?,91-84?,91-86?,92-87?,92-88?/t65-,66+,73+,79+,80-/m1/s1. The van der Waals surface area contributed by atoms with E-state index in [4.69, 9.17) is 24.2 Å². The number of fused-ring (bicyclic) bond motifs is 9. The number of ether oxygens (including phenoxy) is 3. The molecule has 13 rings (SSSR count). The lowest BCUT2D eigenvalue weighted by atomic mass is 9.90. The minimum Gasteiger partial charge on any atom is -0.494 e. The average Bonchev–Trinajstić information content (AvgIpc) is 1.63. The molecule has 2 fully saturated rings. The number of aromatic nitrogens is 4. The number of carbonyl (C=O) groups excluding carboxylic acids is 2. The SMILES string of the molecule is CCCCCCCCOc1ccc(-c2c3nc(c(-c4ccc(OCCCCCCCC)cc4)c4ccc([nH]4)c(-c4ccc(OCCCCCCCC)cc4)c4nc(c(-c5ccc(NC(=O)[C@H](C)NC(=O)c6ccc(N7C[C@@H]8[C@H](C7)[C@@H](/C=C/c7ccccc7)C[C@H]8C)cc6)cc5)c5ccc2[nH]5)C=C4)C=C3)cc1. The molecule has 4 N–H and O–H groups in total. The predicted molar refractivity (Wildman–Crippen MR) is 441 cm³/mol. The maximum atomic E-state index is 14.0. The molecule has 1 aliphatic carbocycles. The van der Waals surface area contributed by atoms with E-state index >= 15 is 0 Å². The summed E-state index contributed by atoms with van der Waals surface area (Å²) in [5.41, 5.74) is 17.7. The van der Waals surface area contributed by atoms with E-state index in [1.54, 1.807) is 6.92 Å². The third-order valence-electron chi connectivity index (χ3n) is 21.8. The van der Waals surface area contributed by atoms with Crippen molar-refractivity contribution in [2.24, 2.45) is 23.7 Å². The third-order valence-corrected chi connectivity index (χ3v) is 21.8. The van der Waals surface area contributed by atoms with Gasteiger partial charge in [0.25, 0.3) is 5.91 Å². The first-order valence-electron chi connectivity index (χ1n) is 39.7. The van der Waals surface area contributed by atoms with Gasteiger partial charge < -0.3 is 39.7 Å². The fourth-order valence-electron chi connectivity index (χ4n) is 15.8. The van der Waals surface area contributed by atoms with Crippen LogP contribution in [0.15, 0.2) is 182 Å². The Balaban J connectivity index is 0.819. The summed E-state index contributed by atoms with van der Waals surface area (Å²) in [6.07, 6.45) is 36.0. The van der Waals surface area contributed by atoms with Crippen LogP contribution in [0, 0.1) is 23.7 Å². The molecule has 1 saturated carbocycles. The number of hydrogen-bond donors (Lipinski definition) is 4. The summed E-state index contributed by atoms with van der Waals surface area (Å²) >= 11 is 0. The largest absolute Gasteiger partial charge is 0.494 e. The van der Waals surface area contributed by atoms with Crippen LogP contribution in [0.2, 0.25) is 0 Å². The van der Waals surface area contributed by atoms with Crippen molar-refractivity contribution in [3.05, 3.63) is 216 Å². The number of benzene rings is 6. The van der Waals surface area contributed by atoms with Crippen LogP contribution in [0.4, 0.5) is 11.4 Å². The topological polar surface area (TPSA) is 146 Å². The maximum Gasteiger partial charge on any atom is 0.251 e. The number of nitrogens with zero attached hydrogens (tertiary/aromatic N) is 3. The summed E-state index contributed by atoms with van der Waals surface area (Å²) in [6.45, 7) is 14.9. The van der Waals surface area contributed by atoms with E-state index in [2.05, 4.69) is 217 Å². The van der Waals surface area contributed by atoms with Crippen molar-refractivity contribution in [2.45, 2.75) is 163 Å². The first-order chi connectivity index (χ1) is 52.1. The van der Waals surface area contributed by atoms with Gasteiger partial charge in [0, 0.05) is 74.3 Å². The molecule has 12 heteroatoms. The number of amides is 2. The summed E-state index contributed by atoms with van der Waals surface area (Å²) in [5.74, 6) is 4.28. The van der Waals surface area contributed by atoms with Crippen molar-refractivity contribution < 1.29 is 23.8 Å². The number of rotatable bonds is 35. The fraction of sp³-hybridized carbons (Fsp3) is 0.362. The molecule has 6 heterocycles. The quantitative estimate of drug-likeness (QED) is 0.0287. The van der Waals surface area contributed by atoms with Crippen LogP contribution in [0.25, 0.3) is 97.0 Å². The molecule has 3 aliphatic heterocycles. The van der Waals surface area contributed by atoms with Gasteiger partial charge in [-0.1, -0.05) is 215 Å². The van der Waals surface area contributed by atoms with Crippen molar-refractivity contribution in [1.82, 2.24) is 25.3 Å². The van der Waals surface area contributed by atoms with E-state index in [-0.39, 0.29) is 11.8 Å². The van der Waals surface area contributed by atoms with Crippen molar-refractivity contribution in [3.63, 3.8) is 0 Å². The van der Waals surface area contributed by atoms with Gasteiger partial charge in [-0.25, -0.2) is 9.97 Å². The van der Waals surface area contributed by atoms with Gasteiger partial charge in [0.15, 0.2) is 0 Å². The van der Waals surface area contributed by atoms with E-state index in [1.165, 1.54) is 95.5 Å². The van der Waals surface area contributed by atoms with Crippen LogP contribution >= 0.6 is 0 Å². The third kappa shape index (κ3) is 18.7. The first kappa shape index (κ1) is 74.1. The summed E-state index contributed by atoms with van der Waals surface area (Å²) in [4.78, 5) is 49.4. The molecule has 0 unspecified atom stereocenters. The number of nitrogens with one attached hydrogen (secondary N) is 4. The van der Waals surface area contributed by atoms with Crippen molar-refractivity contribution >= 4 is 75.6 Å². The molecule has 6 aromatic carbocycles. The van der Waals surface area contributed by atoms with Gasteiger partial charge in [-0.05, 0) is 205 Å². The zero-order valence-corrected chi connectivity index (χ0v) is 62.9. The highest BCUT2D eigenvalue weighted by atomic mass is 16.5. The molecule has 12 nitrogen and oxygen atoms in total. The highest BCUT2D eigenvalue weighted by Crippen LogP contribution is 2.48. The number of unbranched alkanes of at least 4 members (excludes halogenated alkanes) is 15. The van der Waals surface area contributed by atoms with Gasteiger partial charge in [-0.2, -0.15) is 0 Å². The van der Waals surface area contributed by atoms with Crippen molar-refractivity contribution in [2.75, 3.05) is 43.1 Å². The van der Waals surface area contributed by atoms with E-state index in [1.807, 2.05) is 48.5 Å². The van der Waals surface area contributed by atoms with Gasteiger partial charge in [-0.3, -0.25) is 9.59 Å². The van der Waals surface area contributed by atoms with Crippen LogP contribution in [0.1, 0.15) is 195 Å². The molecule has 8 bridgehead atoms. The number of H-pyrrole nitrogens is 2. The maximum absolute atomic E-state index is 14.0. The van der Waals surface area contributed by atoms with Gasteiger partial charge >= 0.3 is 0 Å². The highest BCUT2D eigenvalue weighted by Gasteiger charge is 2.45. The molecule has 0 spiro atoms. The van der Waals surface area contributed by atoms with Gasteiger partial charge in [0.2, 0.25) is 5.91 Å². The molecular formula is C94H107N7O5. The Kier molecular flexibility index (Phi) is 25.6. The molecule has 548 valence electrons. The monoisotopic (exact) mass is 1410 g/mol. The molecule has 1 saturated heterocycles. The summed E-state index contributed by atoms with van der Waals surface area (Å²) < 4.78 is 19.1. The van der Waals surface area contributed by atoms with E-state index < -0.39 is 6.04 Å². The van der Waals surface area contributed by atoms with Crippen LogP contribution in [-0.4, -0.2) is 70.7 Å². The van der Waals surface area contributed by atoms with Crippen molar-refractivity contribution in [3.8, 4) is 61.8 Å². The molecule has 9 aromatic rings. The van der Waals surface area contributed by atoms with Crippen molar-refractivity contribution in [1.29, 1.82) is 0 Å². The van der Waals surface area contributed by atoms with E-state index in [0.29, 0.717) is 54.7 Å². The lowest BCUT2D eigenvalue weighted by Gasteiger charge is -2.22. The molecule has 106 heavy (non-hydrogen) atoms. The van der Waals surface area contributed by atoms with Crippen LogP contribution in [-0.2, 0) is 4.79 Å². The van der Waals surface area contributed by atoms with E-state index in [9.17, 15) is 9.59 Å². The van der Waals surface area contributed by atoms with Gasteiger partial charge in [-0.15, -0.1) is 0 Å². The zero-order chi connectivity index (χ0) is 73.0. The number of hydrogen-bond acceptors (Lipinski definition) is 8. The molecule has 5 atom stereocenters. The Labute approximate surface area is 628 Å². The first-order valence-corrected chi connectivity index (χ1v) is 39.7. The Morgan fingerprint density at radius 1 is 0.472 bits per heavy atom. The van der Waals surface area contributed by atoms with Gasteiger partial charge in [0.05, 0.1) is 42.6 Å². The second-order valence-electron chi connectivity index (χ2n) is 29.6. The lowest BCUT2D eigenvalue weighted by Crippen LogP contribution is -2.41. The second kappa shape index (κ2) is 36.7. The zero-order valence-electron chi connectivity index (χ0n) is 62.9. The average molecular weight is 1410 g/mol. The minimum atomic E-state index is -0.822. The van der Waals surface area contributed by atoms with Crippen LogP contribution in [0.3, 0.4) is 0 Å². The van der Waals surface area contributed by atoms with Crippen LogP contribution < -0.4 is 29.7 Å². The molecular weight excluding hydrogens is 1310 g/mol. The van der Waals surface area contributed by atoms with Crippen LogP contribution in [0.5, 0.6) is 17.2 Å².